The van der Waals surface area contributed by atoms with Crippen molar-refractivity contribution in [3.8, 4) is 0 Å². The van der Waals surface area contributed by atoms with Crippen LogP contribution in [-0.4, -0.2) is 25.0 Å². The van der Waals surface area contributed by atoms with Gasteiger partial charge in [0.25, 0.3) is 15.7 Å². The number of sulfonamides is 1. The second-order valence-corrected chi connectivity index (χ2v) is 8.44. The van der Waals surface area contributed by atoms with E-state index in [0.29, 0.717) is 17.9 Å². The second kappa shape index (κ2) is 6.96. The number of nitro groups is 1. The normalized spacial score (nSPS) is 14.1. The molecule has 0 saturated carbocycles. The van der Waals surface area contributed by atoms with Gasteiger partial charge in [-0.2, -0.15) is 0 Å². The fourth-order valence-electron chi connectivity index (χ4n) is 2.50. The summed E-state index contributed by atoms with van der Waals surface area (Å²) in [6.45, 7) is 1.48. The van der Waals surface area contributed by atoms with Gasteiger partial charge < -0.3 is 5.32 Å². The minimum Gasteiger partial charge on any atom is -0.325 e. The molecule has 136 valence electrons. The molecule has 0 unspecified atom stereocenters. The fraction of sp³-hybridized carbons (Fsp3) is 0.188. The van der Waals surface area contributed by atoms with E-state index in [1.165, 1.54) is 49.0 Å². The lowest BCUT2D eigenvalue weighted by molar-refractivity contribution is -0.385. The topological polar surface area (TPSA) is 118 Å². The zero-order valence-electron chi connectivity index (χ0n) is 13.7. The summed E-state index contributed by atoms with van der Waals surface area (Å²) in [5.74, 6) is 0.448. The van der Waals surface area contributed by atoms with Crippen LogP contribution in [0.5, 0.6) is 0 Å². The number of nitrogens with zero attached hydrogens (tertiary/aromatic N) is 1. The number of amides is 1. The molecule has 3 rings (SSSR count). The molecule has 0 radical (unpaired) electrons. The first-order valence-electron chi connectivity index (χ1n) is 7.61. The largest absolute Gasteiger partial charge is 0.325 e. The molecule has 1 aliphatic heterocycles. The van der Waals surface area contributed by atoms with Crippen molar-refractivity contribution >= 4 is 44.8 Å². The van der Waals surface area contributed by atoms with E-state index in [-0.39, 0.29) is 27.7 Å². The predicted octanol–water partition coefficient (Wildman–Crippen LogP) is 3.14. The third kappa shape index (κ3) is 3.65. The van der Waals surface area contributed by atoms with E-state index in [1.54, 1.807) is 6.07 Å². The monoisotopic (exact) mass is 393 g/mol. The first kappa shape index (κ1) is 18.2. The van der Waals surface area contributed by atoms with Crippen LogP contribution in [0.15, 0.2) is 46.2 Å². The third-order valence-electron chi connectivity index (χ3n) is 3.87. The summed E-state index contributed by atoms with van der Waals surface area (Å²) in [6.07, 6.45) is 0.354. The van der Waals surface area contributed by atoms with Crippen LogP contribution in [0.1, 0.15) is 12.0 Å². The summed E-state index contributed by atoms with van der Waals surface area (Å²) in [6, 6.07) is 8.65. The van der Waals surface area contributed by atoms with Gasteiger partial charge in [0.2, 0.25) is 5.91 Å². The van der Waals surface area contributed by atoms with Crippen molar-refractivity contribution in [1.29, 1.82) is 0 Å². The zero-order valence-corrected chi connectivity index (χ0v) is 15.3. The van der Waals surface area contributed by atoms with Crippen LogP contribution >= 0.6 is 11.8 Å². The maximum atomic E-state index is 12.7. The van der Waals surface area contributed by atoms with Gasteiger partial charge in [0.05, 0.1) is 26.8 Å². The van der Waals surface area contributed by atoms with Crippen molar-refractivity contribution in [3.05, 3.63) is 52.1 Å². The molecular weight excluding hydrogens is 378 g/mol. The highest BCUT2D eigenvalue weighted by atomic mass is 32.2. The van der Waals surface area contributed by atoms with Gasteiger partial charge in [0, 0.05) is 23.1 Å². The molecule has 1 aliphatic rings. The number of nitrogens with one attached hydrogen (secondary N) is 2. The van der Waals surface area contributed by atoms with Gasteiger partial charge in [-0.15, -0.1) is 11.8 Å². The molecule has 1 heterocycles. The maximum absolute atomic E-state index is 12.7. The average molecular weight is 393 g/mol. The van der Waals surface area contributed by atoms with Crippen LogP contribution in [0.3, 0.4) is 0 Å². The summed E-state index contributed by atoms with van der Waals surface area (Å²) in [5.41, 5.74) is 0.624. The summed E-state index contributed by atoms with van der Waals surface area (Å²) in [7, 11) is -3.97. The van der Waals surface area contributed by atoms with Crippen LogP contribution < -0.4 is 10.0 Å². The van der Waals surface area contributed by atoms with Gasteiger partial charge in [-0.25, -0.2) is 8.42 Å². The SMILES string of the molecule is Cc1c(NS(=O)(=O)c2ccc3c(c2)NC(=O)CCS3)cccc1[N+](=O)[O-]. The molecule has 0 fully saturated rings. The lowest BCUT2D eigenvalue weighted by Gasteiger charge is -2.13. The van der Waals surface area contributed by atoms with E-state index in [9.17, 15) is 23.3 Å². The Hall–Kier alpha value is -2.59. The van der Waals surface area contributed by atoms with Crippen molar-refractivity contribution in [3.63, 3.8) is 0 Å². The highest BCUT2D eigenvalue weighted by Crippen LogP contribution is 2.33. The maximum Gasteiger partial charge on any atom is 0.274 e. The number of fused-ring (bicyclic) bond motifs is 1. The van der Waals surface area contributed by atoms with Crippen molar-refractivity contribution in [1.82, 2.24) is 0 Å². The molecule has 0 aromatic heterocycles. The smallest absolute Gasteiger partial charge is 0.274 e. The van der Waals surface area contributed by atoms with Gasteiger partial charge in [-0.1, -0.05) is 6.07 Å². The van der Waals surface area contributed by atoms with Gasteiger partial charge in [-0.3, -0.25) is 19.6 Å². The Morgan fingerprint density at radius 1 is 1.27 bits per heavy atom. The number of hydrogen-bond acceptors (Lipinski definition) is 6. The van der Waals surface area contributed by atoms with Crippen molar-refractivity contribution in [2.45, 2.75) is 23.1 Å². The first-order chi connectivity index (χ1) is 12.3. The number of benzene rings is 2. The minimum atomic E-state index is -3.97. The fourth-order valence-corrected chi connectivity index (χ4v) is 4.59. The number of carbonyl (C=O) groups excluding carboxylic acids is 1. The van der Waals surface area contributed by atoms with E-state index in [2.05, 4.69) is 10.0 Å². The molecule has 8 nitrogen and oxygen atoms in total. The van der Waals surface area contributed by atoms with Gasteiger partial charge in [0.1, 0.15) is 0 Å². The minimum absolute atomic E-state index is 0.0371. The van der Waals surface area contributed by atoms with Gasteiger partial charge in [-0.05, 0) is 31.2 Å². The van der Waals surface area contributed by atoms with E-state index in [0.717, 1.165) is 4.90 Å². The van der Waals surface area contributed by atoms with Crippen molar-refractivity contribution < 1.29 is 18.1 Å². The summed E-state index contributed by atoms with van der Waals surface area (Å²) < 4.78 is 27.8. The van der Waals surface area contributed by atoms with E-state index < -0.39 is 14.9 Å². The lowest BCUT2D eigenvalue weighted by atomic mass is 10.2. The predicted molar refractivity (Wildman–Crippen MR) is 99.1 cm³/mol. The lowest BCUT2D eigenvalue weighted by Crippen LogP contribution is -2.15. The Morgan fingerprint density at radius 3 is 2.77 bits per heavy atom. The molecule has 0 spiro atoms. The van der Waals surface area contributed by atoms with Crippen LogP contribution in [0, 0.1) is 17.0 Å². The molecule has 0 saturated heterocycles. The highest BCUT2D eigenvalue weighted by Gasteiger charge is 2.22. The highest BCUT2D eigenvalue weighted by molar-refractivity contribution is 7.99. The Balaban J connectivity index is 1.96. The molecule has 10 heteroatoms. The van der Waals surface area contributed by atoms with E-state index >= 15 is 0 Å². The molecule has 0 aliphatic carbocycles. The number of hydrogen-bond donors (Lipinski definition) is 2. The first-order valence-corrected chi connectivity index (χ1v) is 10.1. The van der Waals surface area contributed by atoms with Crippen LogP contribution in [0.2, 0.25) is 0 Å². The van der Waals surface area contributed by atoms with Crippen molar-refractivity contribution in [2.75, 3.05) is 15.8 Å². The number of carbonyl (C=O) groups is 1. The molecule has 0 bridgehead atoms. The summed E-state index contributed by atoms with van der Waals surface area (Å²) in [4.78, 5) is 22.9. The van der Waals surface area contributed by atoms with E-state index in [1.807, 2.05) is 0 Å². The van der Waals surface area contributed by atoms with Gasteiger partial charge in [0.15, 0.2) is 0 Å². The standard InChI is InChI=1S/C16H15N3O5S2/c1-10-12(3-2-4-14(10)19(21)22)18-26(23,24)11-5-6-15-13(9-11)17-16(20)7-8-25-15/h2-6,9,18H,7-8H2,1H3,(H,17,20). The number of thioether (sulfide) groups is 1. The van der Waals surface area contributed by atoms with E-state index in [4.69, 9.17) is 0 Å². The Morgan fingerprint density at radius 2 is 2.04 bits per heavy atom. The Kier molecular flexibility index (Phi) is 4.88. The molecule has 2 aromatic carbocycles. The zero-order chi connectivity index (χ0) is 18.9. The number of nitro benzene ring substituents is 1. The molecule has 0 atom stereocenters. The molecular formula is C16H15N3O5S2. The second-order valence-electron chi connectivity index (χ2n) is 5.62. The quantitative estimate of drug-likeness (QED) is 0.608. The van der Waals surface area contributed by atoms with Gasteiger partial charge >= 0.3 is 0 Å². The number of rotatable bonds is 4. The summed E-state index contributed by atoms with van der Waals surface area (Å²) >= 11 is 1.47. The average Bonchev–Trinajstić information content (AvgIpc) is 2.76. The van der Waals surface area contributed by atoms with Crippen LogP contribution in [0.4, 0.5) is 17.1 Å². The molecule has 26 heavy (non-hydrogen) atoms. The molecule has 2 aromatic rings. The van der Waals surface area contributed by atoms with Crippen LogP contribution in [0.25, 0.3) is 0 Å². The number of anilines is 2. The Bertz CT molecular complexity index is 1000. The summed E-state index contributed by atoms with van der Waals surface area (Å²) in [5, 5.41) is 13.7. The van der Waals surface area contributed by atoms with Crippen LogP contribution in [-0.2, 0) is 14.8 Å². The molecule has 1 amide bonds. The Labute approximate surface area is 154 Å². The third-order valence-corrected chi connectivity index (χ3v) is 6.31. The molecule has 2 N–H and O–H groups in total. The van der Waals surface area contributed by atoms with Crippen molar-refractivity contribution in [2.24, 2.45) is 0 Å².